The molecule has 1 N–H and O–H groups in total. The molecule has 0 aliphatic carbocycles. The predicted octanol–water partition coefficient (Wildman–Crippen LogP) is 2.69. The summed E-state index contributed by atoms with van der Waals surface area (Å²) in [5.41, 5.74) is 0.0887. The van der Waals surface area contributed by atoms with E-state index in [1.165, 1.54) is 12.3 Å². The minimum Gasteiger partial charge on any atom is -0.467 e. The lowest BCUT2D eigenvalue weighted by molar-refractivity contribution is 0.176. The summed E-state index contributed by atoms with van der Waals surface area (Å²) in [4.78, 5) is 1.99. The lowest BCUT2D eigenvalue weighted by Crippen LogP contribution is -2.45. The summed E-state index contributed by atoms with van der Waals surface area (Å²) < 4.78 is 46.2. The fraction of sp³-hybridized carbons (Fsp3) is 0.333. The van der Waals surface area contributed by atoms with Crippen LogP contribution in [0.2, 0.25) is 0 Å². The molecule has 1 atom stereocenters. The first-order chi connectivity index (χ1) is 10.2. The highest BCUT2D eigenvalue weighted by Crippen LogP contribution is 2.32. The maximum Gasteiger partial charge on any atom is 0.194 e. The molecule has 1 aromatic heterocycles. The van der Waals surface area contributed by atoms with Gasteiger partial charge in [-0.3, -0.25) is 4.90 Å². The predicted molar refractivity (Wildman–Crippen MR) is 71.3 cm³/mol. The number of hydrogen-bond donors (Lipinski definition) is 1. The van der Waals surface area contributed by atoms with Gasteiger partial charge < -0.3 is 9.73 Å². The molecule has 0 unspecified atom stereocenters. The van der Waals surface area contributed by atoms with Gasteiger partial charge >= 0.3 is 0 Å². The van der Waals surface area contributed by atoms with Crippen molar-refractivity contribution in [2.45, 2.75) is 6.04 Å². The summed E-state index contributed by atoms with van der Waals surface area (Å²) in [6.07, 6.45) is 1.49. The fourth-order valence-corrected chi connectivity index (χ4v) is 2.67. The Morgan fingerprint density at radius 2 is 1.81 bits per heavy atom. The Morgan fingerprint density at radius 1 is 1.05 bits per heavy atom. The van der Waals surface area contributed by atoms with Crippen molar-refractivity contribution < 1.29 is 17.6 Å². The zero-order valence-electron chi connectivity index (χ0n) is 11.3. The maximum absolute atomic E-state index is 14.2. The second kappa shape index (κ2) is 5.91. The topological polar surface area (TPSA) is 28.4 Å². The highest BCUT2D eigenvalue weighted by Gasteiger charge is 2.30. The average molecular weight is 296 g/mol. The molecule has 112 valence electrons. The molecule has 2 heterocycles. The Morgan fingerprint density at radius 3 is 2.48 bits per heavy atom. The fourth-order valence-electron chi connectivity index (χ4n) is 2.67. The molecule has 1 aromatic carbocycles. The molecule has 0 amide bonds. The van der Waals surface area contributed by atoms with Gasteiger partial charge in [-0.25, -0.2) is 13.2 Å². The van der Waals surface area contributed by atoms with Crippen molar-refractivity contribution in [1.82, 2.24) is 10.2 Å². The first kappa shape index (κ1) is 14.2. The number of benzene rings is 1. The lowest BCUT2D eigenvalue weighted by atomic mass is 10.0. The van der Waals surface area contributed by atoms with Gasteiger partial charge in [0.25, 0.3) is 0 Å². The van der Waals surface area contributed by atoms with Crippen LogP contribution in [0.3, 0.4) is 0 Å². The molecule has 0 spiro atoms. The number of rotatable bonds is 3. The first-order valence-electron chi connectivity index (χ1n) is 6.80. The van der Waals surface area contributed by atoms with Crippen molar-refractivity contribution >= 4 is 0 Å². The smallest absolute Gasteiger partial charge is 0.194 e. The zero-order chi connectivity index (χ0) is 14.8. The summed E-state index contributed by atoms with van der Waals surface area (Å²) in [5, 5.41) is 3.20. The Labute approximate surface area is 120 Å². The second-order valence-corrected chi connectivity index (χ2v) is 4.97. The van der Waals surface area contributed by atoms with E-state index in [-0.39, 0.29) is 5.56 Å². The summed E-state index contributed by atoms with van der Waals surface area (Å²) in [6.45, 7) is 2.85. The molecule has 0 radical (unpaired) electrons. The highest BCUT2D eigenvalue weighted by molar-refractivity contribution is 5.30. The van der Waals surface area contributed by atoms with Gasteiger partial charge in [0.2, 0.25) is 0 Å². The van der Waals surface area contributed by atoms with E-state index in [0.717, 1.165) is 19.2 Å². The average Bonchev–Trinajstić information content (AvgIpc) is 3.03. The molecule has 2 aromatic rings. The molecular formula is C15H15F3N2O. The molecule has 21 heavy (non-hydrogen) atoms. The van der Waals surface area contributed by atoms with Gasteiger partial charge in [-0.1, -0.05) is 6.07 Å². The first-order valence-corrected chi connectivity index (χ1v) is 6.80. The Bertz CT molecular complexity index is 610. The van der Waals surface area contributed by atoms with Gasteiger partial charge in [-0.15, -0.1) is 0 Å². The van der Waals surface area contributed by atoms with E-state index >= 15 is 0 Å². The van der Waals surface area contributed by atoms with Crippen LogP contribution in [-0.2, 0) is 0 Å². The van der Waals surface area contributed by atoms with Crippen LogP contribution in [-0.4, -0.2) is 31.1 Å². The van der Waals surface area contributed by atoms with E-state index in [0.29, 0.717) is 18.8 Å². The van der Waals surface area contributed by atoms with E-state index < -0.39 is 23.5 Å². The molecule has 0 bridgehead atoms. The van der Waals surface area contributed by atoms with Gasteiger partial charge in [0.15, 0.2) is 17.5 Å². The van der Waals surface area contributed by atoms with Gasteiger partial charge in [-0.2, -0.15) is 0 Å². The molecule has 0 saturated carbocycles. The van der Waals surface area contributed by atoms with E-state index in [2.05, 4.69) is 5.32 Å². The van der Waals surface area contributed by atoms with Gasteiger partial charge in [-0.05, 0) is 18.2 Å². The molecule has 3 rings (SSSR count). The van der Waals surface area contributed by atoms with Gasteiger partial charge in [0.05, 0.1) is 12.3 Å². The van der Waals surface area contributed by atoms with E-state index in [1.807, 2.05) is 4.90 Å². The second-order valence-electron chi connectivity index (χ2n) is 4.97. The van der Waals surface area contributed by atoms with Crippen molar-refractivity contribution in [2.75, 3.05) is 26.2 Å². The summed E-state index contributed by atoms with van der Waals surface area (Å²) in [7, 11) is 0. The normalized spacial score (nSPS) is 17.9. The van der Waals surface area contributed by atoms with Crippen LogP contribution >= 0.6 is 0 Å². The summed E-state index contributed by atoms with van der Waals surface area (Å²) in [6, 6.07) is 5.09. The van der Waals surface area contributed by atoms with Crippen molar-refractivity contribution in [1.29, 1.82) is 0 Å². The van der Waals surface area contributed by atoms with E-state index in [4.69, 9.17) is 4.42 Å². The Kier molecular flexibility index (Phi) is 3.98. The third kappa shape index (κ3) is 2.69. The summed E-state index contributed by atoms with van der Waals surface area (Å²) in [5.74, 6) is -3.27. The van der Waals surface area contributed by atoms with Crippen LogP contribution in [0.25, 0.3) is 0 Å². The molecule has 1 fully saturated rings. The number of nitrogens with zero attached hydrogens (tertiary/aromatic N) is 1. The number of nitrogens with one attached hydrogen (secondary N) is 1. The number of furan rings is 1. The van der Waals surface area contributed by atoms with Crippen LogP contribution in [0.1, 0.15) is 17.4 Å². The largest absolute Gasteiger partial charge is 0.467 e. The zero-order valence-corrected chi connectivity index (χ0v) is 11.3. The van der Waals surface area contributed by atoms with Crippen LogP contribution < -0.4 is 5.32 Å². The SMILES string of the molecule is Fc1ccc([C@H](c2ccco2)N2CCNCC2)c(F)c1F. The Hall–Kier alpha value is -1.79. The van der Waals surface area contributed by atoms with Crippen molar-refractivity contribution in [2.24, 2.45) is 0 Å². The number of piperazine rings is 1. The minimum absolute atomic E-state index is 0.0887. The molecule has 1 aliphatic rings. The molecule has 1 aliphatic heterocycles. The molecule has 1 saturated heterocycles. The molecule has 6 heteroatoms. The minimum atomic E-state index is -1.45. The Balaban J connectivity index is 2.05. The third-order valence-corrected chi connectivity index (χ3v) is 3.69. The highest BCUT2D eigenvalue weighted by atomic mass is 19.2. The van der Waals surface area contributed by atoms with Crippen molar-refractivity contribution in [3.63, 3.8) is 0 Å². The standard InChI is InChI=1S/C15H15F3N2O/c16-11-4-3-10(13(17)14(11)18)15(12-2-1-9-21-12)20-7-5-19-6-8-20/h1-4,9,15,19H,5-8H2/t15-/m1/s1. The van der Waals surface area contributed by atoms with Crippen LogP contribution in [0, 0.1) is 17.5 Å². The quantitative estimate of drug-likeness (QED) is 0.883. The number of halogens is 3. The van der Waals surface area contributed by atoms with E-state index in [9.17, 15) is 13.2 Å². The maximum atomic E-state index is 14.2. The monoisotopic (exact) mass is 296 g/mol. The van der Waals surface area contributed by atoms with Gasteiger partial charge in [0.1, 0.15) is 5.76 Å². The molecular weight excluding hydrogens is 281 g/mol. The van der Waals surface area contributed by atoms with Crippen LogP contribution in [0.5, 0.6) is 0 Å². The van der Waals surface area contributed by atoms with Gasteiger partial charge in [0, 0.05) is 31.7 Å². The van der Waals surface area contributed by atoms with Crippen molar-refractivity contribution in [3.05, 3.63) is 59.3 Å². The van der Waals surface area contributed by atoms with Crippen LogP contribution in [0.15, 0.2) is 34.9 Å². The molecule has 3 nitrogen and oxygen atoms in total. The van der Waals surface area contributed by atoms with E-state index in [1.54, 1.807) is 12.1 Å². The third-order valence-electron chi connectivity index (χ3n) is 3.69. The van der Waals surface area contributed by atoms with Crippen molar-refractivity contribution in [3.8, 4) is 0 Å². The number of hydrogen-bond acceptors (Lipinski definition) is 3. The van der Waals surface area contributed by atoms with Crippen LogP contribution in [0.4, 0.5) is 13.2 Å². The summed E-state index contributed by atoms with van der Waals surface area (Å²) >= 11 is 0. The lowest BCUT2D eigenvalue weighted by Gasteiger charge is -2.34.